The van der Waals surface area contributed by atoms with Crippen molar-refractivity contribution >= 4 is 80.5 Å². The van der Waals surface area contributed by atoms with E-state index in [4.69, 9.17) is 34.8 Å². The van der Waals surface area contributed by atoms with E-state index in [1.807, 2.05) is 0 Å². The third-order valence-corrected chi connectivity index (χ3v) is 8.64. The summed E-state index contributed by atoms with van der Waals surface area (Å²) < 4.78 is 13.7. The van der Waals surface area contributed by atoms with Crippen molar-refractivity contribution in [1.82, 2.24) is 10.2 Å². The molecule has 6 nitrogen and oxygen atoms in total. The summed E-state index contributed by atoms with van der Waals surface area (Å²) in [4.78, 5) is 27.8. The zero-order valence-electron chi connectivity index (χ0n) is 19.1. The van der Waals surface area contributed by atoms with E-state index in [-0.39, 0.29) is 27.3 Å². The van der Waals surface area contributed by atoms with Gasteiger partial charge in [0, 0.05) is 26.4 Å². The van der Waals surface area contributed by atoms with Gasteiger partial charge in [-0.25, -0.2) is 4.39 Å². The molecule has 1 unspecified atom stereocenters. The molecule has 1 saturated heterocycles. The van der Waals surface area contributed by atoms with Crippen molar-refractivity contribution < 1.29 is 19.1 Å². The van der Waals surface area contributed by atoms with Gasteiger partial charge >= 0.3 is 5.91 Å². The van der Waals surface area contributed by atoms with Crippen LogP contribution in [0.2, 0.25) is 15.1 Å². The van der Waals surface area contributed by atoms with Gasteiger partial charge in [-0.1, -0.05) is 76.1 Å². The van der Waals surface area contributed by atoms with Crippen LogP contribution in [0, 0.1) is 5.82 Å². The molecule has 1 aromatic heterocycles. The first-order valence-electron chi connectivity index (χ1n) is 11.0. The number of aliphatic hydroxyl groups excluding tert-OH is 1. The fraction of sp³-hybridized carbons (Fsp3) is 0.0769. The molecule has 38 heavy (non-hydrogen) atoms. The number of amides is 1. The molecule has 4 aromatic rings. The van der Waals surface area contributed by atoms with Crippen LogP contribution in [0.3, 0.4) is 0 Å². The number of rotatable bonds is 6. The van der Waals surface area contributed by atoms with E-state index in [2.05, 4.69) is 10.2 Å². The van der Waals surface area contributed by atoms with Crippen LogP contribution >= 0.6 is 57.9 Å². The number of aliphatic hydroxyl groups is 1. The predicted molar refractivity (Wildman–Crippen MR) is 149 cm³/mol. The lowest BCUT2D eigenvalue weighted by Crippen LogP contribution is -2.29. The zero-order chi connectivity index (χ0) is 27.0. The van der Waals surface area contributed by atoms with E-state index in [1.54, 1.807) is 48.5 Å². The van der Waals surface area contributed by atoms with E-state index in [0.29, 0.717) is 31.3 Å². The minimum Gasteiger partial charge on any atom is -0.507 e. The maximum Gasteiger partial charge on any atom is 0.301 e. The van der Waals surface area contributed by atoms with Crippen LogP contribution < -0.4 is 4.90 Å². The van der Waals surface area contributed by atoms with Gasteiger partial charge in [0.05, 0.1) is 11.6 Å². The largest absolute Gasteiger partial charge is 0.507 e. The summed E-state index contributed by atoms with van der Waals surface area (Å²) in [5, 5.41) is 20.7. The average Bonchev–Trinajstić information content (AvgIpc) is 3.46. The molecule has 2 heterocycles. The molecule has 1 N–H and O–H groups in total. The normalized spacial score (nSPS) is 16.8. The Kier molecular flexibility index (Phi) is 7.74. The Morgan fingerprint density at radius 2 is 1.66 bits per heavy atom. The molecule has 3 aromatic carbocycles. The van der Waals surface area contributed by atoms with Gasteiger partial charge in [-0.15, -0.1) is 10.2 Å². The lowest BCUT2D eigenvalue weighted by molar-refractivity contribution is -0.132. The number of ketones is 1. The van der Waals surface area contributed by atoms with Crippen LogP contribution in [-0.2, 0) is 15.3 Å². The third kappa shape index (κ3) is 5.30. The summed E-state index contributed by atoms with van der Waals surface area (Å²) in [7, 11) is 0. The van der Waals surface area contributed by atoms with Crippen LogP contribution in [0.5, 0.6) is 0 Å². The topological polar surface area (TPSA) is 83.4 Å². The number of anilines is 1. The molecule has 12 heteroatoms. The number of Topliss-reactive ketones (excluding diaryl/α,β-unsaturated/α-hetero) is 1. The molecule has 0 bridgehead atoms. The van der Waals surface area contributed by atoms with E-state index in [9.17, 15) is 19.1 Å². The summed E-state index contributed by atoms with van der Waals surface area (Å²) in [6.45, 7) is 0. The molecule has 1 fully saturated rings. The van der Waals surface area contributed by atoms with Gasteiger partial charge in [0.1, 0.15) is 11.6 Å². The molecule has 1 aliphatic heterocycles. The highest BCUT2D eigenvalue weighted by molar-refractivity contribution is 8.00. The summed E-state index contributed by atoms with van der Waals surface area (Å²) >= 11 is 21.0. The number of hydrogen-bond acceptors (Lipinski definition) is 7. The Hall–Kier alpha value is -2.95. The minimum absolute atomic E-state index is 0.153. The van der Waals surface area contributed by atoms with E-state index < -0.39 is 17.7 Å². The van der Waals surface area contributed by atoms with Crippen LogP contribution in [0.1, 0.15) is 22.7 Å². The molecule has 1 atom stereocenters. The van der Waals surface area contributed by atoms with Crippen molar-refractivity contribution in [3.8, 4) is 0 Å². The summed E-state index contributed by atoms with van der Waals surface area (Å²) in [5.74, 6) is -2.00. The molecule has 0 radical (unpaired) electrons. The zero-order valence-corrected chi connectivity index (χ0v) is 23.0. The molecule has 5 rings (SSSR count). The van der Waals surface area contributed by atoms with Gasteiger partial charge < -0.3 is 5.11 Å². The summed E-state index contributed by atoms with van der Waals surface area (Å²) in [5.41, 5.74) is 1.40. The first-order valence-corrected chi connectivity index (χ1v) is 13.9. The van der Waals surface area contributed by atoms with Crippen molar-refractivity contribution in [2.24, 2.45) is 0 Å². The Bertz CT molecular complexity index is 1580. The third-order valence-electron chi connectivity index (χ3n) is 5.70. The summed E-state index contributed by atoms with van der Waals surface area (Å²) in [6.07, 6.45) is 0. The molecule has 0 spiro atoms. The fourth-order valence-corrected chi connectivity index (χ4v) is 6.36. The number of aromatic nitrogens is 2. The Balaban J connectivity index is 1.56. The Morgan fingerprint density at radius 3 is 2.34 bits per heavy atom. The smallest absolute Gasteiger partial charge is 0.301 e. The molecule has 1 amide bonds. The van der Waals surface area contributed by atoms with Crippen LogP contribution in [0.4, 0.5) is 9.52 Å². The van der Waals surface area contributed by atoms with Gasteiger partial charge in [0.2, 0.25) is 5.13 Å². The predicted octanol–water partition coefficient (Wildman–Crippen LogP) is 7.56. The molecule has 0 aliphatic carbocycles. The van der Waals surface area contributed by atoms with E-state index >= 15 is 0 Å². The first kappa shape index (κ1) is 26.6. The maximum atomic E-state index is 13.3. The standard InChI is InChI=1S/C26H15Cl3FN3O3S2/c27-15-5-3-14(4-6-15)22(34)20-21(18-10-7-16(28)11-19(18)29)33(24(36)23(20)35)25-31-32-26(38-25)37-12-13-1-8-17(30)9-2-13/h1-11,21,34H,12H2/b22-20-. The molecule has 0 saturated carbocycles. The second kappa shape index (κ2) is 11.0. The highest BCUT2D eigenvalue weighted by Gasteiger charge is 2.49. The maximum absolute atomic E-state index is 13.3. The van der Waals surface area contributed by atoms with Gasteiger partial charge in [-0.05, 0) is 59.7 Å². The molecule has 1 aliphatic rings. The monoisotopic (exact) mass is 605 g/mol. The SMILES string of the molecule is O=C1C(=O)N(c2nnc(SCc3ccc(F)cc3)s2)C(c2ccc(Cl)cc2Cl)/C1=C(/O)c1ccc(Cl)cc1. The molecule has 192 valence electrons. The second-order valence-corrected chi connectivity index (χ2v) is 11.6. The number of nitrogens with zero attached hydrogens (tertiary/aromatic N) is 3. The number of benzene rings is 3. The fourth-order valence-electron chi connectivity index (χ4n) is 3.89. The van der Waals surface area contributed by atoms with Crippen molar-refractivity contribution in [2.75, 3.05) is 4.90 Å². The number of thioether (sulfide) groups is 1. The number of halogens is 4. The van der Waals surface area contributed by atoms with Gasteiger partial charge in [0.15, 0.2) is 4.34 Å². The van der Waals surface area contributed by atoms with Crippen molar-refractivity contribution in [3.05, 3.63) is 110 Å². The first-order chi connectivity index (χ1) is 18.2. The number of carbonyl (C=O) groups excluding carboxylic acids is 2. The molecular weight excluding hydrogens is 592 g/mol. The van der Waals surface area contributed by atoms with Crippen molar-refractivity contribution in [3.63, 3.8) is 0 Å². The van der Waals surface area contributed by atoms with Crippen LogP contribution in [0.15, 0.2) is 76.6 Å². The molecular formula is C26H15Cl3FN3O3S2. The van der Waals surface area contributed by atoms with Crippen LogP contribution in [0.25, 0.3) is 5.76 Å². The van der Waals surface area contributed by atoms with E-state index in [1.165, 1.54) is 34.9 Å². The average molecular weight is 607 g/mol. The quantitative estimate of drug-likeness (QED) is 0.0802. The second-order valence-electron chi connectivity index (χ2n) is 8.11. The van der Waals surface area contributed by atoms with Gasteiger partial charge in [-0.2, -0.15) is 0 Å². The van der Waals surface area contributed by atoms with Gasteiger partial charge in [0.25, 0.3) is 5.78 Å². The summed E-state index contributed by atoms with van der Waals surface area (Å²) in [6, 6.07) is 15.9. The Labute approximate surface area is 239 Å². The highest BCUT2D eigenvalue weighted by atomic mass is 35.5. The van der Waals surface area contributed by atoms with Crippen LogP contribution in [-0.4, -0.2) is 27.0 Å². The lowest BCUT2D eigenvalue weighted by Gasteiger charge is -2.23. The number of carbonyl (C=O) groups is 2. The van der Waals surface area contributed by atoms with E-state index in [0.717, 1.165) is 16.9 Å². The highest BCUT2D eigenvalue weighted by Crippen LogP contribution is 2.46. The number of hydrogen-bond donors (Lipinski definition) is 1. The van der Waals surface area contributed by atoms with Gasteiger partial charge in [-0.3, -0.25) is 14.5 Å². The lowest BCUT2D eigenvalue weighted by atomic mass is 9.95. The minimum atomic E-state index is -1.08. The van der Waals surface area contributed by atoms with Crippen molar-refractivity contribution in [1.29, 1.82) is 0 Å². The Morgan fingerprint density at radius 1 is 0.974 bits per heavy atom. The van der Waals surface area contributed by atoms with Crippen molar-refractivity contribution in [2.45, 2.75) is 16.1 Å².